The Labute approximate surface area is 146 Å². The molecule has 2 heterocycles. The van der Waals surface area contributed by atoms with Crippen LogP contribution in [0.2, 0.25) is 0 Å². The summed E-state index contributed by atoms with van der Waals surface area (Å²) in [5.41, 5.74) is 0.708. The van der Waals surface area contributed by atoms with E-state index in [0.717, 1.165) is 6.42 Å². The van der Waals surface area contributed by atoms with Gasteiger partial charge in [-0.05, 0) is 30.7 Å². The van der Waals surface area contributed by atoms with Crippen LogP contribution in [0, 0.1) is 0 Å². The van der Waals surface area contributed by atoms with Crippen molar-refractivity contribution in [1.29, 1.82) is 0 Å². The summed E-state index contributed by atoms with van der Waals surface area (Å²) in [5.74, 6) is 0.824. The number of carbonyl (C=O) groups is 1. The fraction of sp³-hybridized carbons (Fsp3) is 0.438. The fourth-order valence-corrected chi connectivity index (χ4v) is 3.51. The van der Waals surface area contributed by atoms with Gasteiger partial charge >= 0.3 is 0 Å². The minimum Gasteiger partial charge on any atom is -0.424 e. The molecule has 1 saturated heterocycles. The lowest BCUT2D eigenvalue weighted by Crippen LogP contribution is -2.25. The molecule has 1 amide bonds. The number of nitrogens with zero attached hydrogens (tertiary/aromatic N) is 3. The van der Waals surface area contributed by atoms with Crippen molar-refractivity contribution in [3.05, 3.63) is 36.0 Å². The van der Waals surface area contributed by atoms with Gasteiger partial charge in [0.1, 0.15) is 0 Å². The van der Waals surface area contributed by atoms with E-state index in [0.29, 0.717) is 24.5 Å². The van der Waals surface area contributed by atoms with Crippen molar-refractivity contribution in [2.75, 3.05) is 11.4 Å². The van der Waals surface area contributed by atoms with Crippen LogP contribution in [0.5, 0.6) is 0 Å². The molecule has 1 aromatic carbocycles. The summed E-state index contributed by atoms with van der Waals surface area (Å²) >= 11 is 0. The maximum absolute atomic E-state index is 12.4. The highest BCUT2D eigenvalue weighted by molar-refractivity contribution is 7.89. The first kappa shape index (κ1) is 17.6. The van der Waals surface area contributed by atoms with Gasteiger partial charge in [-0.25, -0.2) is 13.1 Å². The van der Waals surface area contributed by atoms with E-state index in [1.165, 1.54) is 12.1 Å². The highest BCUT2D eigenvalue weighted by Crippen LogP contribution is 2.23. The first-order valence-electron chi connectivity index (χ1n) is 8.09. The smallest absolute Gasteiger partial charge is 0.241 e. The Hall–Kier alpha value is -2.26. The van der Waals surface area contributed by atoms with Crippen molar-refractivity contribution in [2.24, 2.45) is 0 Å². The topological polar surface area (TPSA) is 105 Å². The third-order valence-electron chi connectivity index (χ3n) is 3.92. The number of aromatic nitrogens is 2. The van der Waals surface area contributed by atoms with Gasteiger partial charge in [-0.1, -0.05) is 13.8 Å². The SMILES string of the molecule is CC(C)c1nnc(CNS(=O)(=O)c2ccc(N3CCCC3=O)cc2)o1. The van der Waals surface area contributed by atoms with Gasteiger partial charge in [0.25, 0.3) is 0 Å². The molecule has 1 aromatic heterocycles. The Kier molecular flexibility index (Phi) is 4.87. The van der Waals surface area contributed by atoms with Gasteiger partial charge in [0.15, 0.2) is 0 Å². The molecule has 1 aliphatic rings. The normalized spacial score (nSPS) is 15.3. The molecular weight excluding hydrogens is 344 g/mol. The van der Waals surface area contributed by atoms with Crippen LogP contribution in [-0.2, 0) is 21.4 Å². The van der Waals surface area contributed by atoms with E-state index in [-0.39, 0.29) is 29.2 Å². The van der Waals surface area contributed by atoms with E-state index in [1.807, 2.05) is 13.8 Å². The number of anilines is 1. The third kappa shape index (κ3) is 3.88. The van der Waals surface area contributed by atoms with Gasteiger partial charge in [-0.2, -0.15) is 0 Å². The van der Waals surface area contributed by atoms with Crippen molar-refractivity contribution in [2.45, 2.75) is 44.0 Å². The number of sulfonamides is 1. The summed E-state index contributed by atoms with van der Waals surface area (Å²) in [5, 5.41) is 7.68. The molecule has 134 valence electrons. The summed E-state index contributed by atoms with van der Waals surface area (Å²) in [6, 6.07) is 6.25. The van der Waals surface area contributed by atoms with Crippen molar-refractivity contribution in [3.63, 3.8) is 0 Å². The van der Waals surface area contributed by atoms with Crippen LogP contribution >= 0.6 is 0 Å². The van der Waals surface area contributed by atoms with E-state index in [4.69, 9.17) is 4.42 Å². The van der Waals surface area contributed by atoms with Gasteiger partial charge < -0.3 is 9.32 Å². The molecule has 1 fully saturated rings. The second-order valence-electron chi connectivity index (χ2n) is 6.16. The average molecular weight is 364 g/mol. The van der Waals surface area contributed by atoms with E-state index in [1.54, 1.807) is 17.0 Å². The highest BCUT2D eigenvalue weighted by atomic mass is 32.2. The summed E-state index contributed by atoms with van der Waals surface area (Å²) in [6.07, 6.45) is 1.35. The average Bonchev–Trinajstić information content (AvgIpc) is 3.22. The minimum atomic E-state index is -3.70. The predicted molar refractivity (Wildman–Crippen MR) is 90.4 cm³/mol. The number of hydrogen-bond donors (Lipinski definition) is 1. The molecule has 3 rings (SSSR count). The second-order valence-corrected chi connectivity index (χ2v) is 7.92. The lowest BCUT2D eigenvalue weighted by molar-refractivity contribution is -0.117. The molecule has 0 unspecified atom stereocenters. The summed E-state index contributed by atoms with van der Waals surface area (Å²) in [6.45, 7) is 4.41. The van der Waals surface area contributed by atoms with Crippen LogP contribution < -0.4 is 9.62 Å². The van der Waals surface area contributed by atoms with Crippen molar-refractivity contribution >= 4 is 21.6 Å². The number of amides is 1. The van der Waals surface area contributed by atoms with Crippen LogP contribution in [0.4, 0.5) is 5.69 Å². The van der Waals surface area contributed by atoms with E-state index < -0.39 is 10.0 Å². The minimum absolute atomic E-state index is 0.0612. The van der Waals surface area contributed by atoms with Gasteiger partial charge in [-0.3, -0.25) is 4.79 Å². The van der Waals surface area contributed by atoms with Crippen LogP contribution in [0.25, 0.3) is 0 Å². The Morgan fingerprint density at radius 3 is 2.52 bits per heavy atom. The number of hydrogen-bond acceptors (Lipinski definition) is 6. The Morgan fingerprint density at radius 1 is 1.24 bits per heavy atom. The largest absolute Gasteiger partial charge is 0.424 e. The first-order valence-corrected chi connectivity index (χ1v) is 9.57. The molecule has 0 saturated carbocycles. The standard InChI is InChI=1S/C16H20N4O4S/c1-11(2)16-19-18-14(24-16)10-17-25(22,23)13-7-5-12(6-8-13)20-9-3-4-15(20)21/h5-8,11,17H,3-4,9-10H2,1-2H3. The molecule has 2 aromatic rings. The number of benzene rings is 1. The molecule has 0 aliphatic carbocycles. The molecule has 0 spiro atoms. The molecule has 1 aliphatic heterocycles. The number of rotatable bonds is 6. The fourth-order valence-electron chi connectivity index (χ4n) is 2.54. The van der Waals surface area contributed by atoms with E-state index >= 15 is 0 Å². The lowest BCUT2D eigenvalue weighted by atomic mass is 10.2. The Bertz CT molecular complexity index is 859. The second kappa shape index (κ2) is 6.93. The molecule has 9 heteroatoms. The number of nitrogens with one attached hydrogen (secondary N) is 1. The zero-order chi connectivity index (χ0) is 18.0. The molecular formula is C16H20N4O4S. The zero-order valence-electron chi connectivity index (χ0n) is 14.1. The predicted octanol–water partition coefficient (Wildman–Crippen LogP) is 1.80. The maximum Gasteiger partial charge on any atom is 0.241 e. The first-order chi connectivity index (χ1) is 11.9. The molecule has 25 heavy (non-hydrogen) atoms. The van der Waals surface area contributed by atoms with Gasteiger partial charge in [0.05, 0.1) is 11.4 Å². The summed E-state index contributed by atoms with van der Waals surface area (Å²) in [7, 11) is -3.70. The quantitative estimate of drug-likeness (QED) is 0.838. The third-order valence-corrected chi connectivity index (χ3v) is 5.34. The van der Waals surface area contributed by atoms with Crippen LogP contribution in [0.1, 0.15) is 44.4 Å². The zero-order valence-corrected chi connectivity index (χ0v) is 14.9. The van der Waals surface area contributed by atoms with Gasteiger partial charge in [-0.15, -0.1) is 10.2 Å². The van der Waals surface area contributed by atoms with Crippen LogP contribution in [-0.4, -0.2) is 31.1 Å². The van der Waals surface area contributed by atoms with Crippen molar-refractivity contribution < 1.29 is 17.6 Å². The lowest BCUT2D eigenvalue weighted by Gasteiger charge is -2.16. The monoisotopic (exact) mass is 364 g/mol. The van der Waals surface area contributed by atoms with Crippen LogP contribution in [0.3, 0.4) is 0 Å². The highest BCUT2D eigenvalue weighted by Gasteiger charge is 2.22. The molecule has 1 N–H and O–H groups in total. The van der Waals surface area contributed by atoms with Gasteiger partial charge in [0, 0.05) is 24.6 Å². The van der Waals surface area contributed by atoms with Crippen LogP contribution in [0.15, 0.2) is 33.6 Å². The Balaban J connectivity index is 1.68. The van der Waals surface area contributed by atoms with Crippen molar-refractivity contribution in [1.82, 2.24) is 14.9 Å². The van der Waals surface area contributed by atoms with Gasteiger partial charge in [0.2, 0.25) is 27.7 Å². The number of carbonyl (C=O) groups excluding carboxylic acids is 1. The molecule has 8 nitrogen and oxygen atoms in total. The van der Waals surface area contributed by atoms with Crippen molar-refractivity contribution in [3.8, 4) is 0 Å². The molecule has 0 bridgehead atoms. The summed E-state index contributed by atoms with van der Waals surface area (Å²) in [4.78, 5) is 13.5. The Morgan fingerprint density at radius 2 is 1.96 bits per heavy atom. The van der Waals surface area contributed by atoms with E-state index in [2.05, 4.69) is 14.9 Å². The maximum atomic E-state index is 12.4. The summed E-state index contributed by atoms with van der Waals surface area (Å²) < 4.78 is 32.5. The van der Waals surface area contributed by atoms with E-state index in [9.17, 15) is 13.2 Å². The molecule has 0 atom stereocenters. The molecule has 0 radical (unpaired) electrons.